The Morgan fingerprint density at radius 3 is 2.79 bits per heavy atom. The van der Waals surface area contributed by atoms with Crippen molar-refractivity contribution in [2.45, 2.75) is 25.5 Å². The summed E-state index contributed by atoms with van der Waals surface area (Å²) in [6.07, 6.45) is 2.75. The molecule has 2 unspecified atom stereocenters. The molecule has 0 amide bonds. The fourth-order valence-corrected chi connectivity index (χ4v) is 3.95. The van der Waals surface area contributed by atoms with Gasteiger partial charge in [0.15, 0.2) is 9.84 Å². The van der Waals surface area contributed by atoms with Crippen LogP contribution in [0, 0.1) is 5.92 Å². The van der Waals surface area contributed by atoms with Crippen molar-refractivity contribution in [3.05, 3.63) is 0 Å². The van der Waals surface area contributed by atoms with Gasteiger partial charge in [-0.15, -0.1) is 0 Å². The van der Waals surface area contributed by atoms with Crippen molar-refractivity contribution in [3.8, 4) is 0 Å². The van der Waals surface area contributed by atoms with Crippen LogP contribution in [0.15, 0.2) is 0 Å². The standard InChI is InChI=1S/C9H17NO3S/c11-14(12)6-1-3-8(7-14)9-10-4-2-5-13-9/h8-10H,1-7H2. The van der Waals surface area contributed by atoms with E-state index in [9.17, 15) is 8.42 Å². The minimum atomic E-state index is -2.80. The number of sulfone groups is 1. The Kier molecular flexibility index (Phi) is 3.09. The van der Waals surface area contributed by atoms with Crippen molar-refractivity contribution in [3.63, 3.8) is 0 Å². The van der Waals surface area contributed by atoms with E-state index < -0.39 is 9.84 Å². The zero-order chi connectivity index (χ0) is 10.0. The van der Waals surface area contributed by atoms with Crippen molar-refractivity contribution in [2.24, 2.45) is 5.92 Å². The molecule has 2 saturated heterocycles. The summed E-state index contributed by atoms with van der Waals surface area (Å²) in [7, 11) is -2.80. The van der Waals surface area contributed by atoms with Gasteiger partial charge in [0.25, 0.3) is 0 Å². The number of hydrogen-bond acceptors (Lipinski definition) is 4. The predicted molar refractivity (Wildman–Crippen MR) is 53.7 cm³/mol. The second-order valence-electron chi connectivity index (χ2n) is 4.12. The van der Waals surface area contributed by atoms with E-state index in [1.54, 1.807) is 0 Å². The normalized spacial score (nSPS) is 38.0. The maximum atomic E-state index is 11.4. The lowest BCUT2D eigenvalue weighted by Gasteiger charge is -2.33. The van der Waals surface area contributed by atoms with Crippen LogP contribution in [0.4, 0.5) is 0 Å². The Morgan fingerprint density at radius 1 is 1.29 bits per heavy atom. The lowest BCUT2D eigenvalue weighted by atomic mass is 10.0. The van der Waals surface area contributed by atoms with Crippen LogP contribution in [-0.4, -0.2) is 39.3 Å². The number of rotatable bonds is 1. The highest BCUT2D eigenvalue weighted by molar-refractivity contribution is 7.91. The van der Waals surface area contributed by atoms with E-state index in [4.69, 9.17) is 4.74 Å². The first-order valence-corrected chi connectivity index (χ1v) is 7.05. The summed E-state index contributed by atoms with van der Waals surface area (Å²) in [6, 6.07) is 0. The lowest BCUT2D eigenvalue weighted by molar-refractivity contribution is -0.0331. The Morgan fingerprint density at radius 2 is 2.14 bits per heavy atom. The molecular weight excluding hydrogens is 202 g/mol. The fraction of sp³-hybridized carbons (Fsp3) is 1.00. The summed E-state index contributed by atoms with van der Waals surface area (Å²) in [6.45, 7) is 1.70. The van der Waals surface area contributed by atoms with Gasteiger partial charge in [-0.3, -0.25) is 5.32 Å². The van der Waals surface area contributed by atoms with E-state index in [0.29, 0.717) is 11.5 Å². The molecule has 2 heterocycles. The van der Waals surface area contributed by atoms with Crippen molar-refractivity contribution in [1.29, 1.82) is 0 Å². The summed E-state index contributed by atoms with van der Waals surface area (Å²) < 4.78 is 28.4. The lowest BCUT2D eigenvalue weighted by Crippen LogP contribution is -2.47. The fourth-order valence-electron chi connectivity index (χ4n) is 2.19. The monoisotopic (exact) mass is 219 g/mol. The van der Waals surface area contributed by atoms with E-state index in [1.807, 2.05) is 0 Å². The van der Waals surface area contributed by atoms with Gasteiger partial charge in [-0.2, -0.15) is 0 Å². The average Bonchev–Trinajstić information content (AvgIpc) is 2.18. The van der Waals surface area contributed by atoms with Crippen LogP contribution < -0.4 is 5.32 Å². The van der Waals surface area contributed by atoms with Gasteiger partial charge in [-0.05, 0) is 25.8 Å². The molecule has 5 heteroatoms. The molecule has 0 saturated carbocycles. The summed E-state index contributed by atoms with van der Waals surface area (Å²) >= 11 is 0. The smallest absolute Gasteiger partial charge is 0.150 e. The molecule has 4 nitrogen and oxygen atoms in total. The summed E-state index contributed by atoms with van der Waals surface area (Å²) in [4.78, 5) is 0. The maximum absolute atomic E-state index is 11.4. The van der Waals surface area contributed by atoms with E-state index >= 15 is 0 Å². The van der Waals surface area contributed by atoms with Crippen LogP contribution in [0.2, 0.25) is 0 Å². The van der Waals surface area contributed by atoms with Gasteiger partial charge in [0, 0.05) is 12.5 Å². The molecule has 2 rings (SSSR count). The number of ether oxygens (including phenoxy) is 1. The molecule has 2 aliphatic rings. The van der Waals surface area contributed by atoms with Crippen molar-refractivity contribution < 1.29 is 13.2 Å². The highest BCUT2D eigenvalue weighted by Crippen LogP contribution is 2.23. The second kappa shape index (κ2) is 4.16. The molecule has 0 aromatic carbocycles. The zero-order valence-corrected chi connectivity index (χ0v) is 9.05. The molecule has 82 valence electrons. The van der Waals surface area contributed by atoms with Crippen LogP contribution in [0.25, 0.3) is 0 Å². The average molecular weight is 219 g/mol. The van der Waals surface area contributed by atoms with Gasteiger partial charge < -0.3 is 4.74 Å². The molecule has 0 aromatic rings. The second-order valence-corrected chi connectivity index (χ2v) is 6.34. The SMILES string of the molecule is O=S1(=O)CCCC(C2NCCCO2)C1. The van der Waals surface area contributed by atoms with Crippen LogP contribution in [0.1, 0.15) is 19.3 Å². The van der Waals surface area contributed by atoms with Gasteiger partial charge in [-0.25, -0.2) is 8.42 Å². The van der Waals surface area contributed by atoms with Crippen LogP contribution in [0.3, 0.4) is 0 Å². The summed E-state index contributed by atoms with van der Waals surface area (Å²) in [5, 5.41) is 3.24. The molecular formula is C9H17NO3S. The highest BCUT2D eigenvalue weighted by Gasteiger charge is 2.32. The van der Waals surface area contributed by atoms with Gasteiger partial charge in [0.1, 0.15) is 6.23 Å². The molecule has 1 N–H and O–H groups in total. The van der Waals surface area contributed by atoms with Crippen molar-refractivity contribution >= 4 is 9.84 Å². The number of nitrogens with one attached hydrogen (secondary N) is 1. The van der Waals surface area contributed by atoms with Crippen LogP contribution in [0.5, 0.6) is 0 Å². The van der Waals surface area contributed by atoms with Gasteiger partial charge in [-0.1, -0.05) is 0 Å². The molecule has 2 atom stereocenters. The maximum Gasteiger partial charge on any atom is 0.150 e. The van der Waals surface area contributed by atoms with Crippen LogP contribution >= 0.6 is 0 Å². The molecule has 2 aliphatic heterocycles. The third kappa shape index (κ3) is 2.46. The first-order chi connectivity index (χ1) is 6.67. The number of hydrogen-bond donors (Lipinski definition) is 1. The first kappa shape index (κ1) is 10.4. The summed E-state index contributed by atoms with van der Waals surface area (Å²) in [5.41, 5.74) is 0. The Labute approximate surface area is 84.9 Å². The largest absolute Gasteiger partial charge is 0.363 e. The van der Waals surface area contributed by atoms with Crippen molar-refractivity contribution in [2.75, 3.05) is 24.7 Å². The summed E-state index contributed by atoms with van der Waals surface area (Å²) in [5.74, 6) is 0.815. The van der Waals surface area contributed by atoms with E-state index in [2.05, 4.69) is 5.32 Å². The highest BCUT2D eigenvalue weighted by atomic mass is 32.2. The molecule has 2 fully saturated rings. The van der Waals surface area contributed by atoms with Gasteiger partial charge >= 0.3 is 0 Å². The first-order valence-electron chi connectivity index (χ1n) is 5.23. The zero-order valence-electron chi connectivity index (χ0n) is 8.24. The van der Waals surface area contributed by atoms with E-state index in [0.717, 1.165) is 32.4 Å². The Hall–Kier alpha value is -0.130. The van der Waals surface area contributed by atoms with Crippen molar-refractivity contribution in [1.82, 2.24) is 5.32 Å². The molecule has 0 aliphatic carbocycles. The molecule has 0 spiro atoms. The minimum absolute atomic E-state index is 0.0289. The van der Waals surface area contributed by atoms with E-state index in [1.165, 1.54) is 0 Å². The molecule has 0 aromatic heterocycles. The van der Waals surface area contributed by atoms with Gasteiger partial charge in [0.2, 0.25) is 0 Å². The third-order valence-electron chi connectivity index (χ3n) is 2.89. The minimum Gasteiger partial charge on any atom is -0.363 e. The Bertz CT molecular complexity index is 282. The molecule has 14 heavy (non-hydrogen) atoms. The third-order valence-corrected chi connectivity index (χ3v) is 4.74. The molecule has 0 radical (unpaired) electrons. The molecule has 0 bridgehead atoms. The van der Waals surface area contributed by atoms with E-state index in [-0.39, 0.29) is 12.1 Å². The topological polar surface area (TPSA) is 55.4 Å². The predicted octanol–water partition coefficient (Wildman–Crippen LogP) is 0.147. The quantitative estimate of drug-likeness (QED) is 0.682. The van der Waals surface area contributed by atoms with Crippen LogP contribution in [-0.2, 0) is 14.6 Å². The van der Waals surface area contributed by atoms with Gasteiger partial charge in [0.05, 0.1) is 11.5 Å². The Balaban J connectivity index is 1.96.